The Bertz CT molecular complexity index is 1250. The van der Waals surface area contributed by atoms with Crippen LogP contribution >= 0.6 is 0 Å². The molecule has 4 aliphatic carbocycles. The summed E-state index contributed by atoms with van der Waals surface area (Å²) in [4.78, 5) is 29.3. The number of hydrogen-bond donors (Lipinski definition) is 3. The fourth-order valence-corrected chi connectivity index (χ4v) is 10.3. The molecule has 1 amide bonds. The highest BCUT2D eigenvalue weighted by Gasteiger charge is 2.82. The summed E-state index contributed by atoms with van der Waals surface area (Å²) in [7, 11) is 0. The van der Waals surface area contributed by atoms with Crippen molar-refractivity contribution in [2.75, 3.05) is 0 Å². The van der Waals surface area contributed by atoms with Crippen LogP contribution in [0.4, 0.5) is 0 Å². The number of carbonyl (C=O) groups excluding carboxylic acids is 2. The second-order valence-corrected chi connectivity index (χ2v) is 13.7. The van der Waals surface area contributed by atoms with E-state index in [0.717, 1.165) is 30.4 Å². The molecule has 1 aromatic carbocycles. The largest absolute Gasteiger partial charge is 0.508 e. The fourth-order valence-electron chi connectivity index (χ4n) is 10.3. The van der Waals surface area contributed by atoms with Crippen molar-refractivity contribution in [2.24, 2.45) is 51.8 Å². The topological polar surface area (TPSA) is 86.6 Å². The number of aliphatic hydroxyl groups is 1. The van der Waals surface area contributed by atoms with Crippen LogP contribution in [0.2, 0.25) is 0 Å². The summed E-state index contributed by atoms with van der Waals surface area (Å²) in [6, 6.07) is 6.74. The first-order valence-electron chi connectivity index (χ1n) is 14.0. The molecule has 1 heterocycles. The van der Waals surface area contributed by atoms with Crippen molar-refractivity contribution in [3.8, 4) is 5.75 Å². The third-order valence-corrected chi connectivity index (χ3v) is 11.5. The Hall–Kier alpha value is -2.40. The van der Waals surface area contributed by atoms with Crippen LogP contribution in [0.15, 0.2) is 47.6 Å². The average molecular weight is 504 g/mol. The maximum absolute atomic E-state index is 15.0. The van der Waals surface area contributed by atoms with Crippen molar-refractivity contribution in [3.05, 3.63) is 53.1 Å². The van der Waals surface area contributed by atoms with Crippen LogP contribution in [0.3, 0.4) is 0 Å². The number of aromatic hydroxyl groups is 1. The van der Waals surface area contributed by atoms with E-state index in [9.17, 15) is 19.8 Å². The summed E-state index contributed by atoms with van der Waals surface area (Å²) < 4.78 is 0. The lowest BCUT2D eigenvalue weighted by atomic mass is 9.48. The number of amides is 1. The Morgan fingerprint density at radius 2 is 1.68 bits per heavy atom. The fraction of sp³-hybridized carbons (Fsp3) is 0.625. The molecule has 3 N–H and O–H groups in total. The van der Waals surface area contributed by atoms with Crippen molar-refractivity contribution < 1.29 is 19.8 Å². The Morgan fingerprint density at radius 3 is 2.35 bits per heavy atom. The number of allylic oxidation sites excluding steroid dienone is 4. The highest BCUT2D eigenvalue weighted by molar-refractivity contribution is 6.13. The summed E-state index contributed by atoms with van der Waals surface area (Å²) in [5.74, 6) is -0.241. The molecule has 5 aliphatic rings. The molecule has 1 spiro atoms. The Kier molecular flexibility index (Phi) is 5.11. The average Bonchev–Trinajstić information content (AvgIpc) is 3.16. The summed E-state index contributed by atoms with van der Waals surface area (Å²) in [6.45, 7) is 13.1. The van der Waals surface area contributed by atoms with Crippen molar-refractivity contribution in [1.82, 2.24) is 5.32 Å². The van der Waals surface area contributed by atoms with Crippen LogP contribution in [-0.2, 0) is 16.0 Å². The maximum atomic E-state index is 15.0. The lowest BCUT2D eigenvalue weighted by molar-refractivity contribution is -0.151. The Balaban J connectivity index is 1.54. The van der Waals surface area contributed by atoms with Crippen molar-refractivity contribution in [1.29, 1.82) is 0 Å². The molecule has 0 radical (unpaired) electrons. The number of nitrogens with one attached hydrogen (secondary N) is 1. The number of carbonyl (C=O) groups is 2. The molecule has 6 rings (SSSR count). The number of phenols is 1. The van der Waals surface area contributed by atoms with Gasteiger partial charge in [-0.05, 0) is 73.5 Å². The predicted molar refractivity (Wildman–Crippen MR) is 142 cm³/mol. The summed E-state index contributed by atoms with van der Waals surface area (Å²) in [5.41, 5.74) is -0.445. The van der Waals surface area contributed by atoms with Crippen molar-refractivity contribution in [3.63, 3.8) is 0 Å². The van der Waals surface area contributed by atoms with E-state index in [1.807, 2.05) is 0 Å². The molecule has 2 saturated carbocycles. The smallest absolute Gasteiger partial charge is 0.237 e. The number of rotatable bonds is 2. The molecule has 0 bridgehead atoms. The Labute approximate surface area is 220 Å². The minimum Gasteiger partial charge on any atom is -0.508 e. The number of Topliss-reactive ketones (excluding diaryl/α,β-unsaturated/α-hetero) is 1. The maximum Gasteiger partial charge on any atom is 0.237 e. The Morgan fingerprint density at radius 1 is 1.00 bits per heavy atom. The zero-order chi connectivity index (χ0) is 26.7. The third-order valence-electron chi connectivity index (χ3n) is 11.5. The van der Waals surface area contributed by atoms with E-state index >= 15 is 0 Å². The lowest BCUT2D eigenvalue weighted by Gasteiger charge is -2.53. The molecule has 0 unspecified atom stereocenters. The van der Waals surface area contributed by atoms with E-state index in [-0.39, 0.29) is 52.9 Å². The molecule has 1 saturated heterocycles. The molecule has 5 nitrogen and oxygen atoms in total. The first kappa shape index (κ1) is 24.9. The summed E-state index contributed by atoms with van der Waals surface area (Å²) in [6.07, 6.45) is 8.05. The molecule has 37 heavy (non-hydrogen) atoms. The van der Waals surface area contributed by atoms with Crippen LogP contribution in [0.5, 0.6) is 5.75 Å². The van der Waals surface area contributed by atoms with Gasteiger partial charge < -0.3 is 15.5 Å². The van der Waals surface area contributed by atoms with Crippen molar-refractivity contribution >= 4 is 11.7 Å². The highest BCUT2D eigenvalue weighted by Crippen LogP contribution is 2.74. The first-order chi connectivity index (χ1) is 17.3. The zero-order valence-electron chi connectivity index (χ0n) is 23.0. The normalized spacial score (nSPS) is 48.3. The quantitative estimate of drug-likeness (QED) is 0.384. The van der Waals surface area contributed by atoms with Gasteiger partial charge in [-0.15, -0.1) is 0 Å². The number of phenolic OH excluding ortho intramolecular Hbond substituents is 1. The second-order valence-electron chi connectivity index (χ2n) is 13.7. The zero-order valence-corrected chi connectivity index (χ0v) is 23.0. The molecule has 10 atom stereocenters. The molecule has 0 aromatic heterocycles. The minimum absolute atomic E-state index is 0.0433. The standard InChI is InChI=1S/C32H41NO4/c1-17-7-12-23-24-25(19(3)14-29(23,5)13-17)30(6)15-18(2)20(4)26-31(37,16-21-8-10-22(34)11-9-21)33-28(36)32(26,30)27(24)35/h8-11,14-15,17,20,23-26,34,37H,7,12-13,16H2,1-6H3,(H,33,36)/t17-,20-,23+,24+,25-,26-,29+,30-,31+,32-/m0/s1. The molecule has 3 fully saturated rings. The van der Waals surface area contributed by atoms with Gasteiger partial charge in [0.15, 0.2) is 5.78 Å². The second kappa shape index (κ2) is 7.59. The van der Waals surface area contributed by atoms with Gasteiger partial charge in [0.2, 0.25) is 5.91 Å². The third kappa shape index (κ3) is 2.95. The molecule has 1 aromatic rings. The van der Waals surface area contributed by atoms with E-state index < -0.39 is 22.5 Å². The molecule has 5 heteroatoms. The predicted octanol–water partition coefficient (Wildman–Crippen LogP) is 5.18. The first-order valence-corrected chi connectivity index (χ1v) is 14.0. The molecule has 198 valence electrons. The van der Waals surface area contributed by atoms with E-state index in [1.165, 1.54) is 5.57 Å². The van der Waals surface area contributed by atoms with Gasteiger partial charge in [-0.25, -0.2) is 0 Å². The van der Waals surface area contributed by atoms with Crippen LogP contribution < -0.4 is 5.32 Å². The highest BCUT2D eigenvalue weighted by atomic mass is 16.3. The SMILES string of the molecule is CC1=C[C@@]2(C)[C@H]3C(C)=C[C@@]4(C)C[C@@H](C)CC[C@@H]4[C@H]3C(=O)[C@@]23C(=O)N[C@@](O)(Cc2ccc(O)cc2)[C@@H]3[C@H]1C. The van der Waals surface area contributed by atoms with Crippen LogP contribution in [0.1, 0.15) is 66.4 Å². The van der Waals surface area contributed by atoms with Crippen molar-refractivity contribution in [2.45, 2.75) is 73.0 Å². The number of benzene rings is 1. The molecule has 1 aliphatic heterocycles. The van der Waals surface area contributed by atoms with Gasteiger partial charge in [-0.1, -0.05) is 69.5 Å². The number of fused-ring (bicyclic) bond motifs is 4. The summed E-state index contributed by atoms with van der Waals surface area (Å²) in [5, 5.41) is 25.0. The summed E-state index contributed by atoms with van der Waals surface area (Å²) >= 11 is 0. The van der Waals surface area contributed by atoms with Gasteiger partial charge in [-0.2, -0.15) is 0 Å². The van der Waals surface area contributed by atoms with Gasteiger partial charge in [0.25, 0.3) is 0 Å². The molecular formula is C32H41NO4. The van der Waals surface area contributed by atoms with Gasteiger partial charge in [0.05, 0.1) is 0 Å². The van der Waals surface area contributed by atoms with Crippen LogP contribution in [-0.4, -0.2) is 27.6 Å². The van der Waals surface area contributed by atoms with E-state index in [1.54, 1.807) is 24.3 Å². The van der Waals surface area contributed by atoms with E-state index in [2.05, 4.69) is 59.0 Å². The van der Waals surface area contributed by atoms with Gasteiger partial charge in [0, 0.05) is 23.7 Å². The number of hydrogen-bond acceptors (Lipinski definition) is 4. The van der Waals surface area contributed by atoms with E-state index in [4.69, 9.17) is 0 Å². The number of ketones is 1. The van der Waals surface area contributed by atoms with Crippen LogP contribution in [0, 0.1) is 51.8 Å². The van der Waals surface area contributed by atoms with Crippen LogP contribution in [0.25, 0.3) is 0 Å². The van der Waals surface area contributed by atoms with E-state index in [0.29, 0.717) is 5.92 Å². The van der Waals surface area contributed by atoms with Gasteiger partial charge in [0.1, 0.15) is 16.9 Å². The minimum atomic E-state index is -1.56. The van der Waals surface area contributed by atoms with Gasteiger partial charge >= 0.3 is 0 Å². The molecular weight excluding hydrogens is 462 g/mol. The van der Waals surface area contributed by atoms with Gasteiger partial charge in [-0.3, -0.25) is 9.59 Å². The monoisotopic (exact) mass is 503 g/mol. The lowest BCUT2D eigenvalue weighted by Crippen LogP contribution is -2.57.